The third kappa shape index (κ3) is 2.54. The summed E-state index contributed by atoms with van der Waals surface area (Å²) in [5, 5.41) is 2.74. The van der Waals surface area contributed by atoms with Crippen LogP contribution in [0.3, 0.4) is 0 Å². The van der Waals surface area contributed by atoms with E-state index in [1.165, 1.54) is 38.5 Å². The molecule has 0 fully saturated rings. The Hall–Kier alpha value is -2.26. The second kappa shape index (κ2) is 5.92. The summed E-state index contributed by atoms with van der Waals surface area (Å²) in [4.78, 5) is 4.71. The van der Waals surface area contributed by atoms with Crippen LogP contribution in [0.15, 0.2) is 36.5 Å². The zero-order valence-corrected chi connectivity index (χ0v) is 15.9. The number of hydrogen-bond acceptors (Lipinski definition) is 2. The van der Waals surface area contributed by atoms with Crippen molar-refractivity contribution in [2.24, 2.45) is 7.05 Å². The summed E-state index contributed by atoms with van der Waals surface area (Å²) < 4.78 is 2.34. The van der Waals surface area contributed by atoms with Crippen LogP contribution in [0.5, 0.6) is 0 Å². The van der Waals surface area contributed by atoms with Crippen LogP contribution >= 0.6 is 0 Å². The molecule has 3 aromatic rings. The van der Waals surface area contributed by atoms with Crippen LogP contribution in [0.1, 0.15) is 23.6 Å². The van der Waals surface area contributed by atoms with Gasteiger partial charge < -0.3 is 14.4 Å². The lowest BCUT2D eigenvalue weighted by Gasteiger charge is -2.31. The molecule has 0 saturated carbocycles. The largest absolute Gasteiger partial charge is 0.371 e. The van der Waals surface area contributed by atoms with Gasteiger partial charge in [0, 0.05) is 48.7 Å². The monoisotopic (exact) mass is 333 g/mol. The number of fused-ring (bicyclic) bond motifs is 4. The van der Waals surface area contributed by atoms with E-state index in [0.29, 0.717) is 6.04 Å². The fraction of sp³-hybridized carbons (Fsp3) is 0.364. The number of rotatable bonds is 3. The Labute approximate surface area is 150 Å². The maximum absolute atomic E-state index is 2.43. The fourth-order valence-corrected chi connectivity index (χ4v) is 4.09. The Bertz CT molecular complexity index is 978. The highest BCUT2D eigenvalue weighted by atomic mass is 15.2. The minimum absolute atomic E-state index is 0.536. The Morgan fingerprint density at radius 3 is 2.68 bits per heavy atom. The van der Waals surface area contributed by atoms with Gasteiger partial charge in [-0.2, -0.15) is 0 Å². The van der Waals surface area contributed by atoms with E-state index in [2.05, 4.69) is 92.0 Å². The highest BCUT2D eigenvalue weighted by Gasteiger charge is 2.19. The lowest BCUT2D eigenvalue weighted by Crippen LogP contribution is -2.36. The first kappa shape index (κ1) is 16.2. The van der Waals surface area contributed by atoms with E-state index < -0.39 is 0 Å². The molecule has 1 aliphatic rings. The van der Waals surface area contributed by atoms with Crippen molar-refractivity contribution in [2.45, 2.75) is 26.4 Å². The van der Waals surface area contributed by atoms with Gasteiger partial charge in [-0.05, 0) is 62.8 Å². The van der Waals surface area contributed by atoms with E-state index in [4.69, 9.17) is 0 Å². The molecule has 0 amide bonds. The Kier molecular flexibility index (Phi) is 3.84. The molecule has 3 heteroatoms. The number of hydrogen-bond donors (Lipinski definition) is 0. The molecule has 1 aromatic heterocycles. The van der Waals surface area contributed by atoms with Crippen molar-refractivity contribution in [3.05, 3.63) is 53.2 Å². The van der Waals surface area contributed by atoms with Crippen LogP contribution in [0, 0.1) is 6.92 Å². The van der Waals surface area contributed by atoms with E-state index >= 15 is 0 Å². The summed E-state index contributed by atoms with van der Waals surface area (Å²) in [6, 6.07) is 11.7. The van der Waals surface area contributed by atoms with Gasteiger partial charge in [-0.25, -0.2) is 0 Å². The van der Waals surface area contributed by atoms with Gasteiger partial charge >= 0.3 is 0 Å². The summed E-state index contributed by atoms with van der Waals surface area (Å²) in [6.07, 6.45) is 4.57. The van der Waals surface area contributed by atoms with Crippen molar-refractivity contribution in [2.75, 3.05) is 20.6 Å². The van der Waals surface area contributed by atoms with E-state index in [0.717, 1.165) is 13.1 Å². The molecule has 0 unspecified atom stereocenters. The van der Waals surface area contributed by atoms with Crippen molar-refractivity contribution in [3.63, 3.8) is 0 Å². The van der Waals surface area contributed by atoms with Crippen molar-refractivity contribution in [1.29, 1.82) is 0 Å². The van der Waals surface area contributed by atoms with E-state index in [9.17, 15) is 0 Å². The molecule has 0 saturated heterocycles. The molecule has 4 rings (SSSR count). The molecule has 0 N–H and O–H groups in total. The summed E-state index contributed by atoms with van der Waals surface area (Å²) in [6.45, 7) is 6.59. The van der Waals surface area contributed by atoms with Crippen LogP contribution in [-0.2, 0) is 13.6 Å². The highest BCUT2D eigenvalue weighted by molar-refractivity contribution is 6.10. The van der Waals surface area contributed by atoms with Crippen LogP contribution in [-0.4, -0.2) is 41.0 Å². The number of benzene rings is 2. The third-order valence-corrected chi connectivity index (χ3v) is 5.78. The Morgan fingerprint density at radius 1 is 1.16 bits per heavy atom. The average molecular weight is 333 g/mol. The molecule has 3 nitrogen and oxygen atoms in total. The predicted octanol–water partition coefficient (Wildman–Crippen LogP) is 4.38. The van der Waals surface area contributed by atoms with Gasteiger partial charge in [-0.3, -0.25) is 0 Å². The molecule has 0 aliphatic carbocycles. The van der Waals surface area contributed by atoms with Gasteiger partial charge in [0.15, 0.2) is 0 Å². The normalized spacial score (nSPS) is 15.4. The molecule has 0 radical (unpaired) electrons. The summed E-state index contributed by atoms with van der Waals surface area (Å²) >= 11 is 0. The summed E-state index contributed by atoms with van der Waals surface area (Å²) in [7, 11) is 6.48. The van der Waals surface area contributed by atoms with Crippen molar-refractivity contribution in [1.82, 2.24) is 14.4 Å². The molecule has 2 aromatic carbocycles. The molecule has 1 aliphatic heterocycles. The molecule has 25 heavy (non-hydrogen) atoms. The SMILES string of the molecule is Cc1c2c(cc3c4ccccc4n(C)c13)CN(C[C@H](C)N(C)C)C=C2. The Balaban J connectivity index is 1.83. The van der Waals surface area contributed by atoms with Gasteiger partial charge in [-0.1, -0.05) is 18.2 Å². The second-order valence-corrected chi connectivity index (χ2v) is 7.60. The van der Waals surface area contributed by atoms with E-state index in [1.54, 1.807) is 0 Å². The standard InChI is InChI=1S/C22H27N3/c1-15(23(3)4)13-25-11-10-18-16(2)22-20(12-17(18)14-25)19-8-6-7-9-21(19)24(22)5/h6-12,15H,13-14H2,1-5H3/t15-/m0/s1. The van der Waals surface area contributed by atoms with Crippen LogP contribution < -0.4 is 0 Å². The van der Waals surface area contributed by atoms with Crippen molar-refractivity contribution >= 4 is 27.9 Å². The topological polar surface area (TPSA) is 11.4 Å². The lowest BCUT2D eigenvalue weighted by atomic mass is 9.95. The van der Waals surface area contributed by atoms with E-state index in [1.807, 2.05) is 0 Å². The lowest BCUT2D eigenvalue weighted by molar-refractivity contribution is 0.232. The van der Waals surface area contributed by atoms with Gasteiger partial charge in [-0.15, -0.1) is 0 Å². The Morgan fingerprint density at radius 2 is 1.92 bits per heavy atom. The quantitative estimate of drug-likeness (QED) is 0.705. The van der Waals surface area contributed by atoms with Crippen molar-refractivity contribution < 1.29 is 0 Å². The van der Waals surface area contributed by atoms with E-state index in [-0.39, 0.29) is 0 Å². The van der Waals surface area contributed by atoms with Gasteiger partial charge in [0.25, 0.3) is 0 Å². The van der Waals surface area contributed by atoms with Gasteiger partial charge in [0.05, 0.1) is 5.52 Å². The molecule has 130 valence electrons. The van der Waals surface area contributed by atoms with Crippen LogP contribution in [0.2, 0.25) is 0 Å². The average Bonchev–Trinajstić information content (AvgIpc) is 2.88. The summed E-state index contributed by atoms with van der Waals surface area (Å²) in [5.41, 5.74) is 6.90. The van der Waals surface area contributed by atoms with Crippen LogP contribution in [0.4, 0.5) is 0 Å². The number of likely N-dealkylation sites (N-methyl/N-ethyl adjacent to an activating group) is 1. The predicted molar refractivity (Wildman–Crippen MR) is 108 cm³/mol. The fourth-order valence-electron chi connectivity index (χ4n) is 4.09. The summed E-state index contributed by atoms with van der Waals surface area (Å²) in [5.74, 6) is 0. The maximum Gasteiger partial charge on any atom is 0.0524 e. The maximum atomic E-state index is 2.43. The van der Waals surface area contributed by atoms with Crippen LogP contribution in [0.25, 0.3) is 27.9 Å². The number of nitrogens with zero attached hydrogens (tertiary/aromatic N) is 3. The molecular weight excluding hydrogens is 306 g/mol. The first-order valence-electron chi connectivity index (χ1n) is 9.05. The second-order valence-electron chi connectivity index (χ2n) is 7.60. The first-order valence-corrected chi connectivity index (χ1v) is 9.05. The zero-order chi connectivity index (χ0) is 17.7. The first-order chi connectivity index (χ1) is 12.0. The highest BCUT2D eigenvalue weighted by Crippen LogP contribution is 2.35. The molecular formula is C22H27N3. The zero-order valence-electron chi connectivity index (χ0n) is 15.9. The number of para-hydroxylation sites is 1. The molecule has 0 bridgehead atoms. The van der Waals surface area contributed by atoms with Gasteiger partial charge in [0.2, 0.25) is 0 Å². The van der Waals surface area contributed by atoms with Gasteiger partial charge in [0.1, 0.15) is 0 Å². The smallest absolute Gasteiger partial charge is 0.0524 e. The molecule has 2 heterocycles. The minimum Gasteiger partial charge on any atom is -0.371 e. The minimum atomic E-state index is 0.536. The number of aryl methyl sites for hydroxylation is 2. The molecule has 1 atom stereocenters. The number of aromatic nitrogens is 1. The third-order valence-electron chi connectivity index (χ3n) is 5.78. The van der Waals surface area contributed by atoms with Crippen molar-refractivity contribution in [3.8, 4) is 0 Å². The molecule has 0 spiro atoms.